The Morgan fingerprint density at radius 2 is 2.14 bits per heavy atom. The van der Waals surface area contributed by atoms with Crippen molar-refractivity contribution in [3.8, 4) is 0 Å². The standard InChI is InChI=1S/C20H22N8/c1-12(17-7-18(21)24-20-19(17)25-27-26-20)16-9-23-28(11-16)10-13-2-3-15-8-22-5-4-14(15)6-13/h2-3,6-7,9,11-12,22H,4-5,8,10H2,1H3,(H3,21,24,25,26,27). The van der Waals surface area contributed by atoms with Crippen LogP contribution in [-0.4, -0.2) is 36.7 Å². The molecule has 1 aromatic carbocycles. The highest BCUT2D eigenvalue weighted by atomic mass is 15.3. The number of nitrogens with one attached hydrogen (secondary N) is 2. The maximum Gasteiger partial charge on any atom is 0.203 e. The zero-order chi connectivity index (χ0) is 19.1. The number of rotatable bonds is 4. The summed E-state index contributed by atoms with van der Waals surface area (Å²) in [6.07, 6.45) is 5.09. The highest BCUT2D eigenvalue weighted by molar-refractivity contribution is 5.76. The van der Waals surface area contributed by atoms with Gasteiger partial charge in [-0.05, 0) is 46.8 Å². The summed E-state index contributed by atoms with van der Waals surface area (Å²) in [4.78, 5) is 4.22. The van der Waals surface area contributed by atoms with E-state index < -0.39 is 0 Å². The number of hydrogen-bond donors (Lipinski definition) is 3. The zero-order valence-electron chi connectivity index (χ0n) is 15.7. The number of H-pyrrole nitrogens is 1. The van der Waals surface area contributed by atoms with E-state index in [1.165, 1.54) is 16.7 Å². The first kappa shape index (κ1) is 16.9. The van der Waals surface area contributed by atoms with E-state index in [4.69, 9.17) is 5.73 Å². The van der Waals surface area contributed by atoms with Crippen LogP contribution in [0.4, 0.5) is 5.82 Å². The lowest BCUT2D eigenvalue weighted by Gasteiger charge is -2.17. The number of aromatic amines is 1. The molecule has 4 aromatic rings. The lowest BCUT2D eigenvalue weighted by atomic mass is 9.95. The molecule has 28 heavy (non-hydrogen) atoms. The first-order valence-electron chi connectivity index (χ1n) is 9.48. The Bertz CT molecular complexity index is 1140. The second-order valence-corrected chi connectivity index (χ2v) is 7.35. The van der Waals surface area contributed by atoms with Crippen molar-refractivity contribution in [1.82, 2.24) is 35.5 Å². The highest BCUT2D eigenvalue weighted by Crippen LogP contribution is 2.29. The average Bonchev–Trinajstić information content (AvgIpc) is 3.36. The number of benzene rings is 1. The quantitative estimate of drug-likeness (QED) is 0.504. The molecule has 1 aliphatic heterocycles. The van der Waals surface area contributed by atoms with Crippen LogP contribution in [0.2, 0.25) is 0 Å². The van der Waals surface area contributed by atoms with E-state index in [1.807, 2.05) is 16.9 Å². The molecule has 8 heteroatoms. The van der Waals surface area contributed by atoms with Gasteiger partial charge in [0.05, 0.1) is 12.7 Å². The molecule has 0 saturated heterocycles. The fraction of sp³-hybridized carbons (Fsp3) is 0.300. The monoisotopic (exact) mass is 374 g/mol. The minimum Gasteiger partial charge on any atom is -0.384 e. The molecule has 0 aliphatic carbocycles. The Kier molecular flexibility index (Phi) is 4.05. The van der Waals surface area contributed by atoms with Gasteiger partial charge in [0.25, 0.3) is 0 Å². The largest absolute Gasteiger partial charge is 0.384 e. The van der Waals surface area contributed by atoms with E-state index in [2.05, 4.69) is 62.1 Å². The second-order valence-electron chi connectivity index (χ2n) is 7.35. The van der Waals surface area contributed by atoms with Crippen LogP contribution in [0.3, 0.4) is 0 Å². The van der Waals surface area contributed by atoms with Crippen molar-refractivity contribution in [1.29, 1.82) is 0 Å². The van der Waals surface area contributed by atoms with Gasteiger partial charge in [0.1, 0.15) is 11.3 Å². The minimum absolute atomic E-state index is 0.0845. The van der Waals surface area contributed by atoms with Crippen molar-refractivity contribution in [3.63, 3.8) is 0 Å². The third kappa shape index (κ3) is 3.01. The predicted molar refractivity (Wildman–Crippen MR) is 107 cm³/mol. The van der Waals surface area contributed by atoms with E-state index in [0.717, 1.165) is 42.7 Å². The normalized spacial score (nSPS) is 14.9. The van der Waals surface area contributed by atoms with Gasteiger partial charge in [0, 0.05) is 18.7 Å². The van der Waals surface area contributed by atoms with Gasteiger partial charge >= 0.3 is 0 Å². The first-order valence-corrected chi connectivity index (χ1v) is 9.48. The molecule has 5 rings (SSSR count). The number of aromatic nitrogens is 6. The minimum atomic E-state index is 0.0845. The summed E-state index contributed by atoms with van der Waals surface area (Å²) in [5.74, 6) is 0.528. The summed E-state index contributed by atoms with van der Waals surface area (Å²) in [7, 11) is 0. The molecule has 0 saturated carbocycles. The Hall–Kier alpha value is -3.26. The number of nitrogens with zero attached hydrogens (tertiary/aromatic N) is 5. The van der Waals surface area contributed by atoms with Crippen molar-refractivity contribution in [2.45, 2.75) is 32.4 Å². The van der Waals surface area contributed by atoms with Crippen molar-refractivity contribution in [2.75, 3.05) is 12.3 Å². The number of nitrogens with two attached hydrogens (primary N) is 1. The number of hydrogen-bond acceptors (Lipinski definition) is 6. The fourth-order valence-electron chi connectivity index (χ4n) is 3.89. The molecule has 1 aliphatic rings. The molecule has 4 heterocycles. The van der Waals surface area contributed by atoms with Crippen LogP contribution in [0.15, 0.2) is 36.7 Å². The van der Waals surface area contributed by atoms with Gasteiger partial charge in [-0.3, -0.25) is 4.68 Å². The topological polar surface area (TPSA) is 110 Å². The van der Waals surface area contributed by atoms with E-state index in [9.17, 15) is 0 Å². The van der Waals surface area contributed by atoms with Crippen molar-refractivity contribution < 1.29 is 0 Å². The summed E-state index contributed by atoms with van der Waals surface area (Å²) in [5, 5.41) is 18.9. The second kappa shape index (κ2) is 6.72. The molecule has 0 fully saturated rings. The highest BCUT2D eigenvalue weighted by Gasteiger charge is 2.18. The molecule has 0 bridgehead atoms. The van der Waals surface area contributed by atoms with Crippen LogP contribution in [-0.2, 0) is 19.5 Å². The van der Waals surface area contributed by atoms with Crippen molar-refractivity contribution >= 4 is 17.0 Å². The molecule has 3 aromatic heterocycles. The van der Waals surface area contributed by atoms with Crippen LogP contribution in [0.25, 0.3) is 11.2 Å². The summed E-state index contributed by atoms with van der Waals surface area (Å²) in [6, 6.07) is 8.60. The molecule has 0 amide bonds. The fourth-order valence-corrected chi connectivity index (χ4v) is 3.89. The molecular weight excluding hydrogens is 352 g/mol. The zero-order valence-corrected chi connectivity index (χ0v) is 15.7. The Morgan fingerprint density at radius 1 is 1.21 bits per heavy atom. The third-order valence-electron chi connectivity index (χ3n) is 5.46. The van der Waals surface area contributed by atoms with Crippen LogP contribution < -0.4 is 11.1 Å². The molecule has 1 atom stereocenters. The summed E-state index contributed by atoms with van der Waals surface area (Å²) in [6.45, 7) is 4.89. The maximum absolute atomic E-state index is 5.94. The lowest BCUT2D eigenvalue weighted by Crippen LogP contribution is -2.23. The number of nitrogen functional groups attached to an aromatic ring is 1. The van der Waals surface area contributed by atoms with Gasteiger partial charge in [-0.1, -0.05) is 25.1 Å². The van der Waals surface area contributed by atoms with Gasteiger partial charge in [-0.2, -0.15) is 15.4 Å². The Balaban J connectivity index is 1.40. The van der Waals surface area contributed by atoms with Gasteiger partial charge in [0.2, 0.25) is 5.65 Å². The number of fused-ring (bicyclic) bond motifs is 2. The van der Waals surface area contributed by atoms with Crippen molar-refractivity contribution in [2.24, 2.45) is 0 Å². The van der Waals surface area contributed by atoms with Crippen LogP contribution in [0.5, 0.6) is 0 Å². The molecular formula is C20H22N8. The molecule has 4 N–H and O–H groups in total. The Morgan fingerprint density at radius 3 is 3.07 bits per heavy atom. The number of anilines is 1. The molecule has 1 unspecified atom stereocenters. The SMILES string of the molecule is CC(c1cnn(Cc2ccc3c(c2)CCNC3)c1)c1cc(N)nc2n[nH]nc12. The summed E-state index contributed by atoms with van der Waals surface area (Å²) in [5.41, 5.74) is 13.5. The van der Waals surface area contributed by atoms with E-state index in [1.54, 1.807) is 0 Å². The van der Waals surface area contributed by atoms with Crippen LogP contribution in [0, 0.1) is 0 Å². The summed E-state index contributed by atoms with van der Waals surface area (Å²) >= 11 is 0. The molecule has 0 radical (unpaired) electrons. The van der Waals surface area contributed by atoms with Crippen molar-refractivity contribution in [3.05, 3.63) is 64.5 Å². The van der Waals surface area contributed by atoms with E-state index in [0.29, 0.717) is 11.5 Å². The van der Waals surface area contributed by atoms with Gasteiger partial charge < -0.3 is 11.1 Å². The first-order chi connectivity index (χ1) is 13.7. The third-order valence-corrected chi connectivity index (χ3v) is 5.46. The molecule has 8 nitrogen and oxygen atoms in total. The van der Waals surface area contributed by atoms with Crippen LogP contribution in [0.1, 0.15) is 40.7 Å². The van der Waals surface area contributed by atoms with Gasteiger partial charge in [0.15, 0.2) is 0 Å². The van der Waals surface area contributed by atoms with Crippen LogP contribution >= 0.6 is 0 Å². The van der Waals surface area contributed by atoms with E-state index in [-0.39, 0.29) is 5.92 Å². The molecule has 142 valence electrons. The average molecular weight is 374 g/mol. The maximum atomic E-state index is 5.94. The Labute approximate surface area is 162 Å². The molecule has 0 spiro atoms. The smallest absolute Gasteiger partial charge is 0.203 e. The van der Waals surface area contributed by atoms with Gasteiger partial charge in [-0.25, -0.2) is 4.98 Å². The summed E-state index contributed by atoms with van der Waals surface area (Å²) < 4.78 is 1.99. The predicted octanol–water partition coefficient (Wildman–Crippen LogP) is 1.98. The number of pyridine rings is 1. The van der Waals surface area contributed by atoms with Gasteiger partial charge in [-0.15, -0.1) is 5.10 Å². The van der Waals surface area contributed by atoms with E-state index >= 15 is 0 Å². The lowest BCUT2D eigenvalue weighted by molar-refractivity contribution is 0.639.